The van der Waals surface area contributed by atoms with Crippen LogP contribution < -0.4 is 5.32 Å². The van der Waals surface area contributed by atoms with Gasteiger partial charge in [0.2, 0.25) is 0 Å². The van der Waals surface area contributed by atoms with Crippen molar-refractivity contribution in [3.63, 3.8) is 0 Å². The van der Waals surface area contributed by atoms with Crippen molar-refractivity contribution >= 4 is 17.3 Å². The van der Waals surface area contributed by atoms with Gasteiger partial charge in [0.15, 0.2) is 0 Å². The summed E-state index contributed by atoms with van der Waals surface area (Å²) in [7, 11) is 0. The number of hydrogen-bond acceptors (Lipinski definition) is 5. The lowest BCUT2D eigenvalue weighted by atomic mass is 9.54. The molecule has 29 heavy (non-hydrogen) atoms. The molecule has 1 aromatic carbocycles. The molecule has 1 aliphatic heterocycles. The highest BCUT2D eigenvalue weighted by atomic mass is 16.6. The van der Waals surface area contributed by atoms with Crippen LogP contribution in [0.15, 0.2) is 24.3 Å². The van der Waals surface area contributed by atoms with Crippen LogP contribution in [0.1, 0.15) is 64.9 Å². The van der Waals surface area contributed by atoms with Crippen LogP contribution in [0.5, 0.6) is 0 Å². The monoisotopic (exact) mass is 398 g/mol. The molecule has 6 nitrogen and oxygen atoms in total. The van der Waals surface area contributed by atoms with E-state index >= 15 is 0 Å². The molecule has 2 saturated carbocycles. The number of benzene rings is 1. The fourth-order valence-corrected chi connectivity index (χ4v) is 6.17. The van der Waals surface area contributed by atoms with E-state index < -0.39 is 4.92 Å². The number of rotatable bonds is 2. The summed E-state index contributed by atoms with van der Waals surface area (Å²) in [5, 5.41) is 14.8. The molecule has 0 aromatic heterocycles. The number of piperidine rings is 1. The fourth-order valence-electron chi connectivity index (χ4n) is 6.17. The van der Waals surface area contributed by atoms with Crippen molar-refractivity contribution in [2.24, 2.45) is 22.7 Å². The molecule has 0 amide bonds. The predicted molar refractivity (Wildman–Crippen MR) is 110 cm³/mol. The SMILES string of the molecule is CC1(C)CC(=O)C2C(C1)NC1CC(C)(C)CC(=O)C1C2c1ccc([N+](=O)[O-])cc1. The molecule has 156 valence electrons. The maximum atomic E-state index is 13.3. The van der Waals surface area contributed by atoms with Gasteiger partial charge in [-0.25, -0.2) is 0 Å². The maximum Gasteiger partial charge on any atom is 0.269 e. The molecule has 4 unspecified atom stereocenters. The van der Waals surface area contributed by atoms with Gasteiger partial charge in [0.25, 0.3) is 5.69 Å². The minimum Gasteiger partial charge on any atom is -0.310 e. The Morgan fingerprint density at radius 1 is 0.862 bits per heavy atom. The van der Waals surface area contributed by atoms with Crippen molar-refractivity contribution in [1.29, 1.82) is 0 Å². The molecule has 1 aromatic rings. The van der Waals surface area contributed by atoms with Gasteiger partial charge >= 0.3 is 0 Å². The Labute approximate surface area is 171 Å². The van der Waals surface area contributed by atoms with Gasteiger partial charge in [-0.15, -0.1) is 0 Å². The van der Waals surface area contributed by atoms with Crippen LogP contribution in [0.4, 0.5) is 5.69 Å². The lowest BCUT2D eigenvalue weighted by molar-refractivity contribution is -0.384. The number of carbonyl (C=O) groups is 2. The smallest absolute Gasteiger partial charge is 0.269 e. The summed E-state index contributed by atoms with van der Waals surface area (Å²) in [6, 6.07) is 6.57. The zero-order valence-electron chi connectivity index (χ0n) is 17.6. The first-order valence-corrected chi connectivity index (χ1v) is 10.5. The quantitative estimate of drug-likeness (QED) is 0.600. The topological polar surface area (TPSA) is 89.3 Å². The second-order valence-corrected chi connectivity index (χ2v) is 10.8. The number of carbonyl (C=O) groups excluding carboxylic acids is 2. The van der Waals surface area contributed by atoms with Crippen LogP contribution in [0.2, 0.25) is 0 Å². The summed E-state index contributed by atoms with van der Waals surface area (Å²) in [6.07, 6.45) is 2.81. The normalized spacial score (nSPS) is 35.5. The zero-order valence-corrected chi connectivity index (χ0v) is 17.6. The fraction of sp³-hybridized carbons (Fsp3) is 0.652. The molecule has 4 rings (SSSR count). The van der Waals surface area contributed by atoms with Crippen LogP contribution in [0, 0.1) is 32.8 Å². The third-order valence-corrected chi connectivity index (χ3v) is 7.15. The molecule has 1 heterocycles. The largest absolute Gasteiger partial charge is 0.310 e. The van der Waals surface area contributed by atoms with Crippen LogP contribution in [0.25, 0.3) is 0 Å². The molecule has 0 bridgehead atoms. The molecule has 3 aliphatic rings. The van der Waals surface area contributed by atoms with Gasteiger partial charge in [-0.05, 0) is 29.2 Å². The Bertz CT molecular complexity index is 816. The first kappa shape index (κ1) is 20.2. The standard InChI is InChI=1S/C23H30N2O4/c1-22(2)9-15-20(17(26)11-22)19(13-5-7-14(8-6-13)25(28)29)21-16(24-15)10-23(3,4)12-18(21)27/h5-8,15-16,19-21,24H,9-12H2,1-4H3. The highest BCUT2D eigenvalue weighted by Crippen LogP contribution is 2.52. The molecular weight excluding hydrogens is 368 g/mol. The van der Waals surface area contributed by atoms with Gasteiger partial charge < -0.3 is 5.32 Å². The van der Waals surface area contributed by atoms with Gasteiger partial charge in [-0.1, -0.05) is 39.8 Å². The second kappa shape index (κ2) is 6.73. The van der Waals surface area contributed by atoms with Crippen molar-refractivity contribution in [3.8, 4) is 0 Å². The molecular formula is C23H30N2O4. The van der Waals surface area contributed by atoms with Gasteiger partial charge in [0.1, 0.15) is 11.6 Å². The molecule has 3 fully saturated rings. The number of nitrogens with zero attached hydrogens (tertiary/aromatic N) is 1. The molecule has 2 aliphatic carbocycles. The van der Waals surface area contributed by atoms with E-state index in [4.69, 9.17) is 0 Å². The van der Waals surface area contributed by atoms with Crippen molar-refractivity contribution in [2.75, 3.05) is 0 Å². The highest BCUT2D eigenvalue weighted by molar-refractivity contribution is 5.89. The van der Waals surface area contributed by atoms with Crippen molar-refractivity contribution in [2.45, 2.75) is 71.4 Å². The number of fused-ring (bicyclic) bond motifs is 2. The third kappa shape index (κ3) is 3.63. The molecule has 6 heteroatoms. The van der Waals surface area contributed by atoms with E-state index in [1.165, 1.54) is 12.1 Å². The van der Waals surface area contributed by atoms with Crippen molar-refractivity contribution < 1.29 is 14.5 Å². The molecule has 1 saturated heterocycles. The van der Waals surface area contributed by atoms with E-state index in [0.717, 1.165) is 18.4 Å². The number of non-ortho nitro benzene ring substituents is 1. The summed E-state index contributed by atoms with van der Waals surface area (Å²) < 4.78 is 0. The number of Topliss-reactive ketones (excluding diaryl/α,β-unsaturated/α-hetero) is 2. The maximum absolute atomic E-state index is 13.3. The molecule has 1 N–H and O–H groups in total. The van der Waals surface area contributed by atoms with Crippen LogP contribution in [-0.4, -0.2) is 28.6 Å². The van der Waals surface area contributed by atoms with Gasteiger partial charge in [0, 0.05) is 54.8 Å². The molecule has 0 radical (unpaired) electrons. The van der Waals surface area contributed by atoms with Gasteiger partial charge in [-0.3, -0.25) is 19.7 Å². The summed E-state index contributed by atoms with van der Waals surface area (Å²) in [5.41, 5.74) is 0.782. The van der Waals surface area contributed by atoms with E-state index in [9.17, 15) is 19.7 Å². The van der Waals surface area contributed by atoms with Gasteiger partial charge in [0.05, 0.1) is 4.92 Å². The summed E-state index contributed by atoms with van der Waals surface area (Å²) in [4.78, 5) is 37.2. The number of ketones is 2. The summed E-state index contributed by atoms with van der Waals surface area (Å²) in [6.45, 7) is 8.52. The van der Waals surface area contributed by atoms with Gasteiger partial charge in [-0.2, -0.15) is 0 Å². The number of hydrogen-bond donors (Lipinski definition) is 1. The predicted octanol–water partition coefficient (Wildman–Crippen LogP) is 4.03. The van der Waals surface area contributed by atoms with E-state index in [-0.39, 0.29) is 57.9 Å². The average molecular weight is 399 g/mol. The Morgan fingerprint density at radius 3 is 1.72 bits per heavy atom. The molecule has 0 spiro atoms. The third-order valence-electron chi connectivity index (χ3n) is 7.15. The van der Waals surface area contributed by atoms with Crippen LogP contribution >= 0.6 is 0 Å². The van der Waals surface area contributed by atoms with E-state index in [1.54, 1.807) is 12.1 Å². The average Bonchev–Trinajstić information content (AvgIpc) is 2.57. The highest BCUT2D eigenvalue weighted by Gasteiger charge is 2.56. The lowest BCUT2D eigenvalue weighted by Crippen LogP contribution is -2.65. The van der Waals surface area contributed by atoms with E-state index in [2.05, 4.69) is 33.0 Å². The molecule has 4 atom stereocenters. The van der Waals surface area contributed by atoms with Crippen molar-refractivity contribution in [1.82, 2.24) is 5.32 Å². The Balaban J connectivity index is 1.78. The minimum atomic E-state index is -0.416. The van der Waals surface area contributed by atoms with E-state index in [0.29, 0.717) is 12.8 Å². The Morgan fingerprint density at radius 2 is 1.31 bits per heavy atom. The first-order valence-electron chi connectivity index (χ1n) is 10.5. The minimum absolute atomic E-state index is 0.0305. The summed E-state index contributed by atoms with van der Waals surface area (Å²) >= 11 is 0. The number of nitro groups is 1. The van der Waals surface area contributed by atoms with Crippen LogP contribution in [-0.2, 0) is 9.59 Å². The lowest BCUT2D eigenvalue weighted by Gasteiger charge is -2.55. The number of nitro benzene ring substituents is 1. The van der Waals surface area contributed by atoms with Crippen molar-refractivity contribution in [3.05, 3.63) is 39.9 Å². The zero-order chi connectivity index (χ0) is 21.1. The van der Waals surface area contributed by atoms with E-state index in [1.807, 2.05) is 0 Å². The first-order chi connectivity index (χ1) is 13.5. The Kier molecular flexibility index (Phi) is 4.69. The second-order valence-electron chi connectivity index (χ2n) is 10.8. The summed E-state index contributed by atoms with van der Waals surface area (Å²) in [5.74, 6) is -0.303. The van der Waals surface area contributed by atoms with Crippen LogP contribution in [0.3, 0.4) is 0 Å². The number of nitrogens with one attached hydrogen (secondary N) is 1. The Hall–Kier alpha value is -2.08.